The van der Waals surface area contributed by atoms with Gasteiger partial charge in [0, 0.05) is 44.6 Å². The third kappa shape index (κ3) is 5.68. The maximum Gasteiger partial charge on any atom is 0.255 e. The smallest absolute Gasteiger partial charge is 0.255 e. The first-order valence-electron chi connectivity index (χ1n) is 10.4. The van der Waals surface area contributed by atoms with Gasteiger partial charge in [-0.3, -0.25) is 4.79 Å². The van der Waals surface area contributed by atoms with Gasteiger partial charge in [0.1, 0.15) is 11.9 Å². The van der Waals surface area contributed by atoms with Crippen LogP contribution in [0.25, 0.3) is 11.3 Å². The molecule has 0 bridgehead atoms. The van der Waals surface area contributed by atoms with Crippen LogP contribution in [0.5, 0.6) is 0 Å². The summed E-state index contributed by atoms with van der Waals surface area (Å²) in [6, 6.07) is 4.53. The largest absolute Gasteiger partial charge is 0.381 e. The number of hydrogen-bond acceptors (Lipinski definition) is 7. The average Bonchev–Trinajstić information content (AvgIpc) is 2.81. The number of nitrogens with zero attached hydrogens (tertiary/aromatic N) is 2. The Hall–Kier alpha value is -2.33. The summed E-state index contributed by atoms with van der Waals surface area (Å²) < 4.78 is 25.1. The van der Waals surface area contributed by atoms with Crippen molar-refractivity contribution in [3.63, 3.8) is 0 Å². The van der Waals surface area contributed by atoms with Crippen LogP contribution in [0, 0.1) is 11.7 Å². The Labute approximate surface area is 184 Å². The van der Waals surface area contributed by atoms with Crippen LogP contribution in [0.4, 0.5) is 16.0 Å². The van der Waals surface area contributed by atoms with Gasteiger partial charge in [0.25, 0.3) is 5.91 Å². The molecule has 1 amide bonds. The van der Waals surface area contributed by atoms with Gasteiger partial charge in [-0.1, -0.05) is 11.6 Å². The van der Waals surface area contributed by atoms with Crippen LogP contribution in [0.15, 0.2) is 24.4 Å². The van der Waals surface area contributed by atoms with Gasteiger partial charge in [0.2, 0.25) is 0 Å². The van der Waals surface area contributed by atoms with E-state index in [0.29, 0.717) is 54.3 Å². The van der Waals surface area contributed by atoms with Crippen LogP contribution in [0.3, 0.4) is 0 Å². The highest BCUT2D eigenvalue weighted by Gasteiger charge is 2.22. The van der Waals surface area contributed by atoms with E-state index in [1.54, 1.807) is 12.1 Å². The molecule has 2 aromatic rings. The van der Waals surface area contributed by atoms with Gasteiger partial charge in [0.05, 0.1) is 17.3 Å². The molecule has 4 heterocycles. The molecule has 3 N–H and O–H groups in total. The number of halogens is 2. The molecule has 1 atom stereocenters. The van der Waals surface area contributed by atoms with Gasteiger partial charge < -0.3 is 25.4 Å². The Morgan fingerprint density at radius 3 is 2.90 bits per heavy atom. The van der Waals surface area contributed by atoms with E-state index in [1.165, 1.54) is 12.3 Å². The summed E-state index contributed by atoms with van der Waals surface area (Å²) in [5.74, 6) is 0.183. The molecule has 0 radical (unpaired) electrons. The van der Waals surface area contributed by atoms with Crippen LogP contribution in [0.2, 0.25) is 5.02 Å². The highest BCUT2D eigenvalue weighted by Crippen LogP contribution is 2.30. The average molecular weight is 450 g/mol. The molecule has 1 unspecified atom stereocenters. The van der Waals surface area contributed by atoms with Crippen LogP contribution in [-0.2, 0) is 14.3 Å². The van der Waals surface area contributed by atoms with Crippen LogP contribution >= 0.6 is 11.6 Å². The van der Waals surface area contributed by atoms with Crippen LogP contribution < -0.4 is 16.0 Å². The number of ether oxygens (including phenoxy) is 2. The lowest BCUT2D eigenvalue weighted by atomic mass is 10.0. The highest BCUT2D eigenvalue weighted by molar-refractivity contribution is 6.33. The number of amides is 1. The number of nitrogens with one attached hydrogen (secondary N) is 3. The van der Waals surface area contributed by atoms with Crippen molar-refractivity contribution in [2.24, 2.45) is 5.92 Å². The number of hydrogen-bond donors (Lipinski definition) is 3. The molecule has 166 valence electrons. The number of rotatable bonds is 6. The first kappa shape index (κ1) is 21.9. The minimum atomic E-state index is -0.584. The lowest BCUT2D eigenvalue weighted by Gasteiger charge is -2.23. The van der Waals surface area contributed by atoms with E-state index < -0.39 is 11.9 Å². The Morgan fingerprint density at radius 2 is 2.13 bits per heavy atom. The fourth-order valence-electron chi connectivity index (χ4n) is 3.55. The number of carbonyl (C=O) groups is 1. The Balaban J connectivity index is 1.48. The van der Waals surface area contributed by atoms with Gasteiger partial charge >= 0.3 is 0 Å². The second-order valence-electron chi connectivity index (χ2n) is 7.57. The van der Waals surface area contributed by atoms with E-state index in [-0.39, 0.29) is 11.7 Å². The first-order chi connectivity index (χ1) is 15.1. The maximum atomic E-state index is 14.3. The van der Waals surface area contributed by atoms with Gasteiger partial charge in [-0.25, -0.2) is 14.4 Å². The molecule has 4 rings (SSSR count). The van der Waals surface area contributed by atoms with E-state index in [9.17, 15) is 9.18 Å². The topological polar surface area (TPSA) is 97.4 Å². The van der Waals surface area contributed by atoms with Gasteiger partial charge in [-0.05, 0) is 37.0 Å². The number of carbonyl (C=O) groups excluding carboxylic acids is 1. The van der Waals surface area contributed by atoms with Crippen molar-refractivity contribution in [1.82, 2.24) is 15.3 Å². The van der Waals surface area contributed by atoms with Crippen molar-refractivity contribution in [2.45, 2.75) is 18.9 Å². The summed E-state index contributed by atoms with van der Waals surface area (Å²) in [5, 5.41) is 9.31. The summed E-state index contributed by atoms with van der Waals surface area (Å²) in [6.07, 6.45) is 2.73. The lowest BCUT2D eigenvalue weighted by Crippen LogP contribution is -2.45. The Morgan fingerprint density at radius 1 is 1.29 bits per heavy atom. The SMILES string of the molecule is O=C(Nc1cc(-c2ccc(F)c(NCC3CCOCC3)n2)c(Cl)cn1)C1CNCCO1. The summed E-state index contributed by atoms with van der Waals surface area (Å²) in [4.78, 5) is 21.0. The monoisotopic (exact) mass is 449 g/mol. The summed E-state index contributed by atoms with van der Waals surface area (Å²) in [6.45, 7) is 3.71. The predicted octanol–water partition coefficient (Wildman–Crippen LogP) is 2.70. The molecule has 2 saturated heterocycles. The third-order valence-electron chi connectivity index (χ3n) is 5.35. The van der Waals surface area contributed by atoms with Crippen LogP contribution in [0.1, 0.15) is 12.8 Å². The second-order valence-corrected chi connectivity index (χ2v) is 7.97. The molecule has 31 heavy (non-hydrogen) atoms. The maximum absolute atomic E-state index is 14.3. The lowest BCUT2D eigenvalue weighted by molar-refractivity contribution is -0.128. The molecule has 2 aliphatic heterocycles. The number of anilines is 2. The molecule has 2 aliphatic rings. The third-order valence-corrected chi connectivity index (χ3v) is 5.65. The quantitative estimate of drug-likeness (QED) is 0.623. The van der Waals surface area contributed by atoms with E-state index >= 15 is 0 Å². The zero-order valence-corrected chi connectivity index (χ0v) is 17.8. The molecule has 0 aliphatic carbocycles. The van der Waals surface area contributed by atoms with Crippen molar-refractivity contribution in [3.8, 4) is 11.3 Å². The Kier molecular flexibility index (Phi) is 7.29. The summed E-state index contributed by atoms with van der Waals surface area (Å²) >= 11 is 6.33. The van der Waals surface area contributed by atoms with Gasteiger partial charge in [-0.15, -0.1) is 0 Å². The molecule has 2 fully saturated rings. The van der Waals surface area contributed by atoms with E-state index in [2.05, 4.69) is 25.9 Å². The van der Waals surface area contributed by atoms with Crippen molar-refractivity contribution in [1.29, 1.82) is 0 Å². The summed E-state index contributed by atoms with van der Waals surface area (Å²) in [5.41, 5.74) is 1.03. The predicted molar refractivity (Wildman–Crippen MR) is 116 cm³/mol. The molecule has 0 aromatic carbocycles. The fourth-order valence-corrected chi connectivity index (χ4v) is 3.75. The van der Waals surface area contributed by atoms with Gasteiger partial charge in [-0.2, -0.15) is 0 Å². The molecule has 10 heteroatoms. The van der Waals surface area contributed by atoms with Crippen molar-refractivity contribution < 1.29 is 18.7 Å². The van der Waals surface area contributed by atoms with E-state index in [1.807, 2.05) is 0 Å². The van der Waals surface area contributed by atoms with E-state index in [4.69, 9.17) is 21.1 Å². The highest BCUT2D eigenvalue weighted by atomic mass is 35.5. The molecular formula is C21H25ClFN5O3. The normalized spacial score (nSPS) is 19.7. The fraction of sp³-hybridized carbons (Fsp3) is 0.476. The molecule has 8 nitrogen and oxygen atoms in total. The van der Waals surface area contributed by atoms with E-state index in [0.717, 1.165) is 26.1 Å². The minimum Gasteiger partial charge on any atom is -0.381 e. The molecular weight excluding hydrogens is 425 g/mol. The van der Waals surface area contributed by atoms with Gasteiger partial charge in [0.15, 0.2) is 11.6 Å². The first-order valence-corrected chi connectivity index (χ1v) is 10.7. The van der Waals surface area contributed by atoms with Crippen molar-refractivity contribution >= 4 is 29.1 Å². The molecule has 0 spiro atoms. The Bertz CT molecular complexity index is 920. The zero-order chi connectivity index (χ0) is 21.6. The van der Waals surface area contributed by atoms with Crippen LogP contribution in [-0.4, -0.2) is 61.4 Å². The minimum absolute atomic E-state index is 0.170. The molecule has 2 aromatic heterocycles. The number of pyridine rings is 2. The number of morpholine rings is 1. The van der Waals surface area contributed by atoms with Crippen molar-refractivity contribution in [3.05, 3.63) is 35.2 Å². The number of aromatic nitrogens is 2. The zero-order valence-electron chi connectivity index (χ0n) is 17.0. The second kappa shape index (κ2) is 10.3. The standard InChI is InChI=1S/C21H25ClFN5O3/c22-15-11-25-19(28-21(29)18-12-24-5-8-31-18)9-14(15)17-2-1-16(23)20(27-17)26-10-13-3-6-30-7-4-13/h1-2,9,11,13,18,24H,3-8,10,12H2,(H,26,27)(H,25,28,29). The summed E-state index contributed by atoms with van der Waals surface area (Å²) in [7, 11) is 0. The molecule has 0 saturated carbocycles. The van der Waals surface area contributed by atoms with Crippen molar-refractivity contribution in [2.75, 3.05) is 50.1 Å².